The fourth-order valence-electron chi connectivity index (χ4n) is 3.53. The first-order valence-electron chi connectivity index (χ1n) is 8.44. The molecular formula is C16H20FN5O3. The monoisotopic (exact) mass is 349 g/mol. The average Bonchev–Trinajstić information content (AvgIpc) is 3.28. The van der Waals surface area contributed by atoms with Crippen molar-refractivity contribution in [3.63, 3.8) is 0 Å². The van der Waals surface area contributed by atoms with Crippen LogP contribution >= 0.6 is 0 Å². The Balaban J connectivity index is 1.89. The number of anilines is 1. The highest BCUT2D eigenvalue weighted by molar-refractivity contribution is 5.56. The van der Waals surface area contributed by atoms with Crippen LogP contribution in [0.4, 0.5) is 10.2 Å². The van der Waals surface area contributed by atoms with Crippen molar-refractivity contribution in [2.75, 3.05) is 23.8 Å². The van der Waals surface area contributed by atoms with Gasteiger partial charge in [-0.1, -0.05) is 0 Å². The van der Waals surface area contributed by atoms with Crippen molar-refractivity contribution in [3.8, 4) is 0 Å². The third kappa shape index (κ3) is 2.50. The first-order valence-corrected chi connectivity index (χ1v) is 8.44. The molecule has 2 atom stereocenters. The first-order chi connectivity index (χ1) is 11.9. The Hall–Kier alpha value is -2.42. The predicted molar refractivity (Wildman–Crippen MR) is 89.8 cm³/mol. The normalized spacial score (nSPS) is 21.9. The molecule has 3 N–H and O–H groups in total. The molecule has 0 bridgehead atoms. The number of aromatic nitrogens is 3. The van der Waals surface area contributed by atoms with E-state index in [-0.39, 0.29) is 23.3 Å². The van der Waals surface area contributed by atoms with Crippen LogP contribution in [-0.4, -0.2) is 38.4 Å². The number of aliphatic hydroxyl groups excluding tert-OH is 1. The molecule has 1 saturated heterocycles. The van der Waals surface area contributed by atoms with Crippen LogP contribution in [0.15, 0.2) is 15.8 Å². The molecule has 2 aliphatic rings. The van der Waals surface area contributed by atoms with Crippen LogP contribution in [0.5, 0.6) is 0 Å². The van der Waals surface area contributed by atoms with Gasteiger partial charge in [-0.25, -0.2) is 18.6 Å². The predicted octanol–water partition coefficient (Wildman–Crippen LogP) is -0.206. The summed E-state index contributed by atoms with van der Waals surface area (Å²) in [5.74, 6) is 5.06. The Morgan fingerprint density at radius 3 is 2.68 bits per heavy atom. The number of fused-ring (bicyclic) bond motifs is 1. The molecule has 0 spiro atoms. The summed E-state index contributed by atoms with van der Waals surface area (Å²) in [6.45, 7) is 2.76. The lowest BCUT2D eigenvalue weighted by Crippen LogP contribution is -2.44. The lowest BCUT2D eigenvalue weighted by atomic mass is 10.0. The molecule has 8 nitrogen and oxygen atoms in total. The number of rotatable bonds is 3. The van der Waals surface area contributed by atoms with E-state index in [1.807, 2.05) is 0 Å². The minimum atomic E-state index is -0.814. The molecule has 1 aliphatic carbocycles. The molecule has 0 aromatic carbocycles. The van der Waals surface area contributed by atoms with Gasteiger partial charge in [-0.3, -0.25) is 4.79 Å². The van der Waals surface area contributed by atoms with Crippen molar-refractivity contribution in [1.29, 1.82) is 0 Å². The second-order valence-corrected chi connectivity index (χ2v) is 6.99. The smallest absolute Gasteiger partial charge is 0.355 e. The van der Waals surface area contributed by atoms with Crippen LogP contribution in [0.3, 0.4) is 0 Å². The van der Waals surface area contributed by atoms with Crippen LogP contribution in [0, 0.1) is 11.7 Å². The Morgan fingerprint density at radius 1 is 1.36 bits per heavy atom. The molecule has 25 heavy (non-hydrogen) atoms. The summed E-state index contributed by atoms with van der Waals surface area (Å²) >= 11 is 0. The van der Waals surface area contributed by atoms with Crippen LogP contribution in [-0.2, 0) is 0 Å². The topological polar surface area (TPSA) is 106 Å². The van der Waals surface area contributed by atoms with Gasteiger partial charge in [-0.15, -0.1) is 0 Å². The maximum Gasteiger partial charge on any atom is 0.355 e. The molecule has 0 radical (unpaired) electrons. The van der Waals surface area contributed by atoms with Gasteiger partial charge in [0.1, 0.15) is 0 Å². The second-order valence-electron chi connectivity index (χ2n) is 6.99. The Labute approximate surface area is 142 Å². The standard InChI is InChI=1S/C16H20FN5O3/c1-8(23)10-4-5-20(6-10)13-11(17)7-21-14(19-13)12(9-2-3-9)15(24)22(18)16(21)25/h7-10,23H,2-6,18H2,1H3. The molecule has 9 heteroatoms. The van der Waals surface area contributed by atoms with Crippen LogP contribution in [0.2, 0.25) is 0 Å². The van der Waals surface area contributed by atoms with Crippen molar-refractivity contribution >= 4 is 11.5 Å². The van der Waals surface area contributed by atoms with Gasteiger partial charge in [0.05, 0.1) is 17.9 Å². The lowest BCUT2D eigenvalue weighted by molar-refractivity contribution is 0.136. The summed E-state index contributed by atoms with van der Waals surface area (Å²) in [5.41, 5.74) is -0.836. The van der Waals surface area contributed by atoms with E-state index in [2.05, 4.69) is 4.98 Å². The van der Waals surface area contributed by atoms with E-state index in [0.717, 1.165) is 29.9 Å². The Morgan fingerprint density at radius 2 is 2.08 bits per heavy atom. The summed E-state index contributed by atoms with van der Waals surface area (Å²) in [5, 5.41) is 9.74. The summed E-state index contributed by atoms with van der Waals surface area (Å²) in [4.78, 5) is 30.7. The van der Waals surface area contributed by atoms with Gasteiger partial charge in [0, 0.05) is 19.0 Å². The van der Waals surface area contributed by atoms with Crippen molar-refractivity contribution in [2.45, 2.75) is 38.2 Å². The second kappa shape index (κ2) is 5.55. The first kappa shape index (κ1) is 16.1. The van der Waals surface area contributed by atoms with E-state index in [4.69, 9.17) is 5.84 Å². The number of halogens is 1. The molecule has 2 fully saturated rings. The number of hydrogen-bond donors (Lipinski definition) is 2. The Bertz CT molecular complexity index is 963. The van der Waals surface area contributed by atoms with Gasteiger partial charge in [-0.05, 0) is 32.1 Å². The van der Waals surface area contributed by atoms with Gasteiger partial charge < -0.3 is 15.8 Å². The summed E-state index contributed by atoms with van der Waals surface area (Å²) in [6.07, 6.45) is 2.94. The average molecular weight is 349 g/mol. The number of aliphatic hydroxyl groups is 1. The maximum absolute atomic E-state index is 14.6. The number of nitrogens with zero attached hydrogens (tertiary/aromatic N) is 4. The molecule has 1 aliphatic heterocycles. The summed E-state index contributed by atoms with van der Waals surface area (Å²) in [7, 11) is 0. The van der Waals surface area contributed by atoms with E-state index in [1.165, 1.54) is 0 Å². The number of nitrogen functional groups attached to an aromatic ring is 1. The quantitative estimate of drug-likeness (QED) is 0.743. The fraction of sp³-hybridized carbons (Fsp3) is 0.562. The molecule has 2 unspecified atom stereocenters. The molecule has 2 aromatic rings. The third-order valence-corrected chi connectivity index (χ3v) is 5.19. The van der Waals surface area contributed by atoms with E-state index in [0.29, 0.717) is 23.3 Å². The van der Waals surface area contributed by atoms with Gasteiger partial charge in [-0.2, -0.15) is 4.68 Å². The zero-order chi connectivity index (χ0) is 17.9. The van der Waals surface area contributed by atoms with Crippen LogP contribution in [0.1, 0.15) is 37.7 Å². The molecule has 1 saturated carbocycles. The Kier molecular flexibility index (Phi) is 3.57. The van der Waals surface area contributed by atoms with Gasteiger partial charge >= 0.3 is 5.69 Å². The highest BCUT2D eigenvalue weighted by atomic mass is 19.1. The summed E-state index contributed by atoms with van der Waals surface area (Å²) < 4.78 is 16.1. The molecule has 4 rings (SSSR count). The van der Waals surface area contributed by atoms with E-state index in [9.17, 15) is 19.1 Å². The lowest BCUT2D eigenvalue weighted by Gasteiger charge is -2.20. The SMILES string of the molecule is CC(O)C1CCN(c2nc3c(C4CC4)c(=O)n(N)c(=O)n3cc2F)C1. The number of nitrogens with two attached hydrogens (primary N) is 1. The molecule has 2 aromatic heterocycles. The van der Waals surface area contributed by atoms with Crippen LogP contribution in [0.25, 0.3) is 5.65 Å². The highest BCUT2D eigenvalue weighted by Crippen LogP contribution is 2.40. The highest BCUT2D eigenvalue weighted by Gasteiger charge is 2.33. The minimum Gasteiger partial charge on any atom is -0.393 e. The maximum atomic E-state index is 14.6. The summed E-state index contributed by atoms with van der Waals surface area (Å²) in [6, 6.07) is 0. The minimum absolute atomic E-state index is 0.00695. The van der Waals surface area contributed by atoms with Crippen molar-refractivity contribution in [2.24, 2.45) is 5.92 Å². The largest absolute Gasteiger partial charge is 0.393 e. The zero-order valence-electron chi connectivity index (χ0n) is 13.9. The molecular weight excluding hydrogens is 329 g/mol. The van der Waals surface area contributed by atoms with Crippen molar-refractivity contribution in [3.05, 3.63) is 38.4 Å². The number of hydrogen-bond acceptors (Lipinski definition) is 6. The zero-order valence-corrected chi connectivity index (χ0v) is 13.9. The van der Waals surface area contributed by atoms with E-state index < -0.39 is 23.2 Å². The van der Waals surface area contributed by atoms with Crippen LogP contribution < -0.4 is 22.0 Å². The third-order valence-electron chi connectivity index (χ3n) is 5.19. The fourth-order valence-corrected chi connectivity index (χ4v) is 3.53. The molecule has 3 heterocycles. The van der Waals surface area contributed by atoms with Gasteiger partial charge in [0.15, 0.2) is 17.3 Å². The molecule has 0 amide bonds. The molecule has 134 valence electrons. The van der Waals surface area contributed by atoms with Crippen molar-refractivity contribution < 1.29 is 9.50 Å². The van der Waals surface area contributed by atoms with Gasteiger partial charge in [0.2, 0.25) is 0 Å². The van der Waals surface area contributed by atoms with Crippen molar-refractivity contribution in [1.82, 2.24) is 14.1 Å². The van der Waals surface area contributed by atoms with E-state index in [1.54, 1.807) is 11.8 Å². The van der Waals surface area contributed by atoms with Gasteiger partial charge in [0.25, 0.3) is 5.56 Å². The van der Waals surface area contributed by atoms with E-state index >= 15 is 0 Å².